The molecule has 0 saturated carbocycles. The number of nitrogens with zero attached hydrogens (tertiary/aromatic N) is 4. The predicted molar refractivity (Wildman–Crippen MR) is 109 cm³/mol. The summed E-state index contributed by atoms with van der Waals surface area (Å²) in [6.07, 6.45) is 4.05. The molecule has 144 valence electrons. The zero-order chi connectivity index (χ0) is 20.1. The third kappa shape index (κ3) is 4.45. The molecular formula is C20H21N5O2S. The minimum Gasteiger partial charge on any atom is -0.325 e. The molecule has 0 aliphatic heterocycles. The number of anilines is 1. The molecule has 3 rings (SSSR count). The van der Waals surface area contributed by atoms with E-state index in [-0.39, 0.29) is 16.9 Å². The molecule has 1 N–H and O–H groups in total. The van der Waals surface area contributed by atoms with Gasteiger partial charge >= 0.3 is 0 Å². The van der Waals surface area contributed by atoms with Crippen molar-refractivity contribution in [3.8, 4) is 11.4 Å². The van der Waals surface area contributed by atoms with Crippen molar-refractivity contribution in [1.82, 2.24) is 19.7 Å². The van der Waals surface area contributed by atoms with Crippen LogP contribution in [0.25, 0.3) is 11.4 Å². The Morgan fingerprint density at radius 2 is 2.04 bits per heavy atom. The average molecular weight is 395 g/mol. The molecule has 28 heavy (non-hydrogen) atoms. The molecule has 1 unspecified atom stereocenters. The van der Waals surface area contributed by atoms with Gasteiger partial charge in [-0.05, 0) is 37.6 Å². The molecular weight excluding hydrogens is 374 g/mol. The zero-order valence-corrected chi connectivity index (χ0v) is 16.7. The standard InChI is InChI=1S/C20H21N5O2S/c1-4-17(19(27)22-16-9-5-7-14(11-16)13(2)26)28-20-24-23-18(25(20)3)15-8-6-10-21-12-15/h5-12,17H,4H2,1-3H3,(H,22,27). The van der Waals surface area contributed by atoms with Crippen molar-refractivity contribution in [3.05, 3.63) is 54.4 Å². The van der Waals surface area contributed by atoms with E-state index in [0.29, 0.717) is 28.7 Å². The van der Waals surface area contributed by atoms with Gasteiger partial charge in [0.05, 0.1) is 5.25 Å². The first-order valence-electron chi connectivity index (χ1n) is 8.88. The largest absolute Gasteiger partial charge is 0.325 e. The third-order valence-electron chi connectivity index (χ3n) is 4.20. The maximum Gasteiger partial charge on any atom is 0.237 e. The molecule has 0 bridgehead atoms. The molecule has 0 aliphatic carbocycles. The fourth-order valence-corrected chi connectivity index (χ4v) is 3.57. The quantitative estimate of drug-likeness (QED) is 0.486. The van der Waals surface area contributed by atoms with E-state index in [0.717, 1.165) is 5.56 Å². The van der Waals surface area contributed by atoms with E-state index >= 15 is 0 Å². The van der Waals surface area contributed by atoms with E-state index in [9.17, 15) is 9.59 Å². The lowest BCUT2D eigenvalue weighted by Gasteiger charge is -2.14. The van der Waals surface area contributed by atoms with E-state index < -0.39 is 0 Å². The van der Waals surface area contributed by atoms with E-state index in [2.05, 4.69) is 20.5 Å². The highest BCUT2D eigenvalue weighted by Gasteiger charge is 2.22. The number of nitrogens with one attached hydrogen (secondary N) is 1. The number of thioether (sulfide) groups is 1. The number of hydrogen-bond donors (Lipinski definition) is 1. The fourth-order valence-electron chi connectivity index (χ4n) is 2.65. The van der Waals surface area contributed by atoms with Crippen LogP contribution in [0.1, 0.15) is 30.6 Å². The molecule has 2 heterocycles. The summed E-state index contributed by atoms with van der Waals surface area (Å²) in [4.78, 5) is 28.4. The Morgan fingerprint density at radius 1 is 1.21 bits per heavy atom. The number of aromatic nitrogens is 4. The fraction of sp³-hybridized carbons (Fsp3) is 0.250. The topological polar surface area (TPSA) is 89.8 Å². The zero-order valence-electron chi connectivity index (χ0n) is 15.9. The minimum atomic E-state index is -0.342. The van der Waals surface area contributed by atoms with Gasteiger partial charge in [0, 0.05) is 36.3 Å². The number of rotatable bonds is 7. The van der Waals surface area contributed by atoms with Gasteiger partial charge in [-0.15, -0.1) is 10.2 Å². The maximum absolute atomic E-state index is 12.7. The molecule has 0 fully saturated rings. The van der Waals surface area contributed by atoms with Gasteiger partial charge in [-0.1, -0.05) is 30.8 Å². The van der Waals surface area contributed by atoms with E-state index in [1.54, 1.807) is 36.7 Å². The van der Waals surface area contributed by atoms with Crippen molar-refractivity contribution in [2.24, 2.45) is 7.05 Å². The molecule has 0 saturated heterocycles. The summed E-state index contributed by atoms with van der Waals surface area (Å²) in [6.45, 7) is 3.45. The van der Waals surface area contributed by atoms with Gasteiger partial charge in [-0.25, -0.2) is 0 Å². The van der Waals surface area contributed by atoms with Crippen LogP contribution in [0.2, 0.25) is 0 Å². The Bertz CT molecular complexity index is 987. The van der Waals surface area contributed by atoms with Gasteiger partial charge < -0.3 is 9.88 Å². The van der Waals surface area contributed by atoms with E-state index in [4.69, 9.17) is 0 Å². The van der Waals surface area contributed by atoms with Crippen LogP contribution in [0.5, 0.6) is 0 Å². The number of carbonyl (C=O) groups is 2. The highest BCUT2D eigenvalue weighted by molar-refractivity contribution is 8.00. The third-order valence-corrected chi connectivity index (χ3v) is 5.60. The summed E-state index contributed by atoms with van der Waals surface area (Å²) in [5.74, 6) is 0.513. The summed E-state index contributed by atoms with van der Waals surface area (Å²) < 4.78 is 1.86. The Hall–Kier alpha value is -3.00. The lowest BCUT2D eigenvalue weighted by atomic mass is 10.1. The number of benzene rings is 1. The van der Waals surface area contributed by atoms with Gasteiger partial charge in [0.15, 0.2) is 16.8 Å². The summed E-state index contributed by atoms with van der Waals surface area (Å²) in [5, 5.41) is 11.7. The first-order chi connectivity index (χ1) is 13.5. The van der Waals surface area contributed by atoms with Crippen LogP contribution in [-0.4, -0.2) is 36.7 Å². The van der Waals surface area contributed by atoms with Crippen molar-refractivity contribution in [1.29, 1.82) is 0 Å². The molecule has 1 amide bonds. The lowest BCUT2D eigenvalue weighted by molar-refractivity contribution is -0.115. The number of ketones is 1. The van der Waals surface area contributed by atoms with Gasteiger partial charge in [0.25, 0.3) is 0 Å². The summed E-state index contributed by atoms with van der Waals surface area (Å²) in [5.41, 5.74) is 2.03. The Kier molecular flexibility index (Phi) is 6.20. The number of pyridine rings is 1. The van der Waals surface area contributed by atoms with Gasteiger partial charge in [0.1, 0.15) is 0 Å². The van der Waals surface area contributed by atoms with Crippen LogP contribution in [0.15, 0.2) is 53.9 Å². The molecule has 2 aromatic heterocycles. The average Bonchev–Trinajstić information content (AvgIpc) is 3.07. The molecule has 0 spiro atoms. The number of amides is 1. The summed E-state index contributed by atoms with van der Waals surface area (Å²) in [6, 6.07) is 10.7. The molecule has 0 aliphatic rings. The molecule has 8 heteroatoms. The second-order valence-electron chi connectivity index (χ2n) is 6.25. The molecule has 7 nitrogen and oxygen atoms in total. The minimum absolute atomic E-state index is 0.0421. The van der Waals surface area contributed by atoms with E-state index in [1.165, 1.54) is 18.7 Å². The number of carbonyl (C=O) groups excluding carboxylic acids is 2. The van der Waals surface area contributed by atoms with Crippen molar-refractivity contribution in [3.63, 3.8) is 0 Å². The van der Waals surface area contributed by atoms with Crippen LogP contribution >= 0.6 is 11.8 Å². The molecule has 1 aromatic carbocycles. The summed E-state index contributed by atoms with van der Waals surface area (Å²) in [7, 11) is 1.87. The second kappa shape index (κ2) is 8.79. The predicted octanol–water partition coefficient (Wildman–Crippen LogP) is 3.59. The second-order valence-corrected chi connectivity index (χ2v) is 7.42. The SMILES string of the molecule is CCC(Sc1nnc(-c2cccnc2)n1C)C(=O)Nc1cccc(C(C)=O)c1. The number of Topliss-reactive ketones (excluding diaryl/α,β-unsaturated/α-hetero) is 1. The Morgan fingerprint density at radius 3 is 2.71 bits per heavy atom. The van der Waals surface area contributed by atoms with Gasteiger partial charge in [-0.2, -0.15) is 0 Å². The van der Waals surface area contributed by atoms with Crippen molar-refractivity contribution >= 4 is 29.1 Å². The highest BCUT2D eigenvalue weighted by atomic mass is 32.2. The van der Waals surface area contributed by atoms with Crippen molar-refractivity contribution in [2.75, 3.05) is 5.32 Å². The van der Waals surface area contributed by atoms with Crippen LogP contribution in [0.3, 0.4) is 0 Å². The monoisotopic (exact) mass is 395 g/mol. The van der Waals surface area contributed by atoms with Crippen LogP contribution < -0.4 is 5.32 Å². The van der Waals surface area contributed by atoms with Crippen LogP contribution in [-0.2, 0) is 11.8 Å². The summed E-state index contributed by atoms with van der Waals surface area (Å²) >= 11 is 1.36. The Balaban J connectivity index is 1.74. The highest BCUT2D eigenvalue weighted by Crippen LogP contribution is 2.27. The normalized spacial score (nSPS) is 11.8. The first-order valence-corrected chi connectivity index (χ1v) is 9.76. The van der Waals surface area contributed by atoms with E-state index in [1.807, 2.05) is 30.7 Å². The van der Waals surface area contributed by atoms with Crippen molar-refractivity contribution < 1.29 is 9.59 Å². The smallest absolute Gasteiger partial charge is 0.237 e. The molecule has 3 aromatic rings. The molecule has 0 radical (unpaired) electrons. The van der Waals surface area contributed by atoms with Crippen LogP contribution in [0.4, 0.5) is 5.69 Å². The number of hydrogen-bond acceptors (Lipinski definition) is 6. The lowest BCUT2D eigenvalue weighted by Crippen LogP contribution is -2.25. The maximum atomic E-state index is 12.7. The van der Waals surface area contributed by atoms with Crippen LogP contribution in [0, 0.1) is 0 Å². The van der Waals surface area contributed by atoms with Gasteiger partial charge in [-0.3, -0.25) is 14.6 Å². The van der Waals surface area contributed by atoms with Gasteiger partial charge in [0.2, 0.25) is 5.91 Å². The van der Waals surface area contributed by atoms with Crippen molar-refractivity contribution in [2.45, 2.75) is 30.7 Å². The first kappa shape index (κ1) is 19.8. The Labute approximate surface area is 167 Å². The molecule has 1 atom stereocenters.